The molecule has 0 spiro atoms. The van der Waals surface area contributed by atoms with Gasteiger partial charge in [-0.2, -0.15) is 0 Å². The van der Waals surface area contributed by atoms with E-state index in [1.165, 1.54) is 12.2 Å². The van der Waals surface area contributed by atoms with Gasteiger partial charge in [-0.15, -0.1) is 0 Å². The fraction of sp³-hybridized carbons (Fsp3) is 0.833. The summed E-state index contributed by atoms with van der Waals surface area (Å²) in [6.45, 7) is 9.72. The molecule has 1 fully saturated rings. The Morgan fingerprint density at radius 2 is 2.13 bits per heavy atom. The lowest BCUT2D eigenvalue weighted by Gasteiger charge is -2.29. The lowest BCUT2D eigenvalue weighted by atomic mass is 9.88. The number of hydrogen-bond acceptors (Lipinski definition) is 4. The highest BCUT2D eigenvalue weighted by Crippen LogP contribution is 2.34. The van der Waals surface area contributed by atoms with Crippen LogP contribution in [0.3, 0.4) is 0 Å². The van der Waals surface area contributed by atoms with Gasteiger partial charge in [0, 0.05) is 6.08 Å². The molecule has 1 rings (SSSR count). The first-order valence-electron chi connectivity index (χ1n) is 8.73. The number of hydrogen-bond donors (Lipinski definition) is 3. The molecule has 5 heteroatoms. The quantitative estimate of drug-likeness (QED) is 0.596. The highest BCUT2D eigenvalue weighted by atomic mass is 16.5. The Morgan fingerprint density at radius 3 is 2.61 bits per heavy atom. The third-order valence-corrected chi connectivity index (χ3v) is 4.95. The highest BCUT2D eigenvalue weighted by Gasteiger charge is 2.41. The number of amides is 1. The van der Waals surface area contributed by atoms with Gasteiger partial charge < -0.3 is 20.3 Å². The van der Waals surface area contributed by atoms with Crippen molar-refractivity contribution < 1.29 is 19.7 Å². The molecular formula is C18H33NO4. The van der Waals surface area contributed by atoms with Gasteiger partial charge in [-0.3, -0.25) is 4.79 Å². The minimum atomic E-state index is -1.19. The summed E-state index contributed by atoms with van der Waals surface area (Å²) in [5, 5.41) is 22.8. The fourth-order valence-corrected chi connectivity index (χ4v) is 3.13. The molecule has 1 aliphatic rings. The maximum Gasteiger partial charge on any atom is 0.244 e. The van der Waals surface area contributed by atoms with E-state index in [1.807, 2.05) is 13.8 Å². The van der Waals surface area contributed by atoms with Gasteiger partial charge in [0.25, 0.3) is 0 Å². The second-order valence-corrected chi connectivity index (χ2v) is 7.04. The zero-order valence-corrected chi connectivity index (χ0v) is 15.1. The Labute approximate surface area is 140 Å². The molecule has 0 aromatic heterocycles. The van der Waals surface area contributed by atoms with Gasteiger partial charge in [0.05, 0.1) is 24.9 Å². The summed E-state index contributed by atoms with van der Waals surface area (Å²) in [6.07, 6.45) is 5.45. The number of aliphatic hydroxyl groups excluding tert-OH is 1. The number of nitrogens with one attached hydrogen (secondary N) is 1. The second kappa shape index (κ2) is 8.81. The largest absolute Gasteiger partial charge is 0.394 e. The van der Waals surface area contributed by atoms with Crippen molar-refractivity contribution in [2.45, 2.75) is 77.7 Å². The van der Waals surface area contributed by atoms with Gasteiger partial charge in [-0.25, -0.2) is 0 Å². The molecule has 0 aromatic rings. The van der Waals surface area contributed by atoms with Crippen molar-refractivity contribution >= 4 is 5.91 Å². The molecule has 0 aromatic carbocycles. The minimum Gasteiger partial charge on any atom is -0.394 e. The molecular weight excluding hydrogens is 294 g/mol. The summed E-state index contributed by atoms with van der Waals surface area (Å²) >= 11 is 0. The van der Waals surface area contributed by atoms with Crippen molar-refractivity contribution in [2.75, 3.05) is 6.61 Å². The maximum atomic E-state index is 12.0. The molecule has 0 bridgehead atoms. The molecule has 1 saturated heterocycles. The number of ether oxygens (including phenoxy) is 1. The lowest BCUT2D eigenvalue weighted by Crippen LogP contribution is -2.43. The van der Waals surface area contributed by atoms with Crippen molar-refractivity contribution in [3.05, 3.63) is 12.2 Å². The maximum absolute atomic E-state index is 12.0. The first-order chi connectivity index (χ1) is 10.7. The molecule has 0 saturated carbocycles. The van der Waals surface area contributed by atoms with Crippen LogP contribution in [-0.4, -0.2) is 46.6 Å². The van der Waals surface area contributed by atoms with E-state index in [0.29, 0.717) is 0 Å². The van der Waals surface area contributed by atoms with Crippen molar-refractivity contribution in [2.24, 2.45) is 11.8 Å². The van der Waals surface area contributed by atoms with Gasteiger partial charge in [0.1, 0.15) is 5.60 Å². The van der Waals surface area contributed by atoms with Crippen LogP contribution in [0, 0.1) is 11.8 Å². The second-order valence-electron chi connectivity index (χ2n) is 7.04. The zero-order chi connectivity index (χ0) is 17.6. The molecule has 134 valence electrons. The number of aliphatic hydroxyl groups is 2. The number of rotatable bonds is 8. The summed E-state index contributed by atoms with van der Waals surface area (Å²) in [4.78, 5) is 12.0. The van der Waals surface area contributed by atoms with E-state index < -0.39 is 5.60 Å². The Balaban J connectivity index is 2.65. The Morgan fingerprint density at radius 1 is 1.48 bits per heavy atom. The van der Waals surface area contributed by atoms with Gasteiger partial charge in [0.2, 0.25) is 5.91 Å². The molecule has 1 aliphatic heterocycles. The van der Waals surface area contributed by atoms with Crippen LogP contribution >= 0.6 is 0 Å². The van der Waals surface area contributed by atoms with Gasteiger partial charge in [-0.1, -0.05) is 34.1 Å². The van der Waals surface area contributed by atoms with Gasteiger partial charge in [0.15, 0.2) is 0 Å². The fourth-order valence-electron chi connectivity index (χ4n) is 3.13. The molecule has 1 amide bonds. The Kier molecular flexibility index (Phi) is 7.71. The predicted molar refractivity (Wildman–Crippen MR) is 91.0 cm³/mol. The third-order valence-electron chi connectivity index (χ3n) is 4.95. The predicted octanol–water partition coefficient (Wildman–Crippen LogP) is 2.02. The summed E-state index contributed by atoms with van der Waals surface area (Å²) in [7, 11) is 0. The van der Waals surface area contributed by atoms with Crippen LogP contribution in [-0.2, 0) is 9.53 Å². The summed E-state index contributed by atoms with van der Waals surface area (Å²) in [6, 6.07) is -0.270. The molecule has 23 heavy (non-hydrogen) atoms. The van der Waals surface area contributed by atoms with Gasteiger partial charge in [-0.05, 0) is 37.7 Å². The Hall–Kier alpha value is -0.910. The van der Waals surface area contributed by atoms with Crippen LogP contribution in [0.1, 0.15) is 53.9 Å². The summed E-state index contributed by atoms with van der Waals surface area (Å²) in [5.74, 6) is 0.136. The molecule has 0 unspecified atom stereocenters. The lowest BCUT2D eigenvalue weighted by molar-refractivity contribution is -0.118. The van der Waals surface area contributed by atoms with E-state index in [9.17, 15) is 15.0 Å². The van der Waals surface area contributed by atoms with Crippen molar-refractivity contribution in [3.8, 4) is 0 Å². The van der Waals surface area contributed by atoms with E-state index in [2.05, 4.69) is 19.2 Å². The van der Waals surface area contributed by atoms with E-state index in [4.69, 9.17) is 4.74 Å². The van der Waals surface area contributed by atoms with Crippen molar-refractivity contribution in [1.29, 1.82) is 0 Å². The standard InChI is InChI=1S/C18H33NO4/c1-6-12(3)15(11-20)19-16(21)8-9-18(5,22)17-13(4)10-14(7-2)23-17/h8-9,12-15,17,20,22H,6-7,10-11H2,1-5H3,(H,19,21)/b9-8+/t12-,13-,14+,15+,17+,18-/m0/s1. The first-order valence-corrected chi connectivity index (χ1v) is 8.73. The van der Waals surface area contributed by atoms with Crippen molar-refractivity contribution in [1.82, 2.24) is 5.32 Å². The molecule has 5 nitrogen and oxygen atoms in total. The van der Waals surface area contributed by atoms with E-state index in [0.717, 1.165) is 19.3 Å². The molecule has 0 radical (unpaired) electrons. The van der Waals surface area contributed by atoms with Crippen LogP contribution in [0.5, 0.6) is 0 Å². The summed E-state index contributed by atoms with van der Waals surface area (Å²) in [5.41, 5.74) is -1.19. The topological polar surface area (TPSA) is 78.8 Å². The van der Waals surface area contributed by atoms with E-state index >= 15 is 0 Å². The Bertz CT molecular complexity index is 408. The zero-order valence-electron chi connectivity index (χ0n) is 15.1. The van der Waals surface area contributed by atoms with Crippen LogP contribution < -0.4 is 5.32 Å². The van der Waals surface area contributed by atoms with Crippen LogP contribution in [0.4, 0.5) is 0 Å². The van der Waals surface area contributed by atoms with E-state index in [1.54, 1.807) is 6.92 Å². The van der Waals surface area contributed by atoms with Crippen LogP contribution in [0.2, 0.25) is 0 Å². The SMILES string of the molecule is CC[C@@H]1C[C@H](C)[C@H]([C@@](C)(O)/C=C/C(=O)N[C@H](CO)[C@@H](C)CC)O1. The molecule has 3 N–H and O–H groups in total. The van der Waals surface area contributed by atoms with Crippen LogP contribution in [0.25, 0.3) is 0 Å². The highest BCUT2D eigenvalue weighted by molar-refractivity contribution is 5.87. The van der Waals surface area contributed by atoms with E-state index in [-0.39, 0.29) is 42.6 Å². The van der Waals surface area contributed by atoms with Crippen molar-refractivity contribution in [3.63, 3.8) is 0 Å². The number of carbonyl (C=O) groups excluding carboxylic acids is 1. The summed E-state index contributed by atoms with van der Waals surface area (Å²) < 4.78 is 5.90. The average molecular weight is 327 g/mol. The smallest absolute Gasteiger partial charge is 0.244 e. The van der Waals surface area contributed by atoms with Crippen LogP contribution in [0.15, 0.2) is 12.2 Å². The average Bonchev–Trinajstić information content (AvgIpc) is 2.92. The number of carbonyl (C=O) groups is 1. The van der Waals surface area contributed by atoms with Gasteiger partial charge >= 0.3 is 0 Å². The molecule has 6 atom stereocenters. The molecule has 1 heterocycles. The first kappa shape index (κ1) is 20.1. The molecule has 0 aliphatic carbocycles. The normalized spacial score (nSPS) is 30.1. The monoisotopic (exact) mass is 327 g/mol. The third kappa shape index (κ3) is 5.59. The minimum absolute atomic E-state index is 0.0913.